The Kier molecular flexibility index (Phi) is 7.56. The number of amides is 1. The van der Waals surface area contributed by atoms with Crippen LogP contribution in [0.1, 0.15) is 25.3 Å². The number of hydrogen-bond acceptors (Lipinski definition) is 5. The molecule has 0 unspecified atom stereocenters. The van der Waals surface area contributed by atoms with E-state index in [1.165, 1.54) is 17.3 Å². The molecule has 0 aliphatic heterocycles. The third kappa shape index (κ3) is 5.79. The minimum Gasteiger partial charge on any atom is -0.457 e. The Morgan fingerprint density at radius 1 is 0.895 bits per heavy atom. The first-order chi connectivity index (χ1) is 18.5. The Balaban J connectivity index is 1.37. The molecular weight excluding hydrogens is 494 g/mol. The van der Waals surface area contributed by atoms with Gasteiger partial charge in [-0.25, -0.2) is 4.98 Å². The van der Waals surface area contributed by atoms with Crippen LogP contribution in [0.15, 0.2) is 113 Å². The lowest BCUT2D eigenvalue weighted by molar-refractivity contribution is -0.113. The lowest BCUT2D eigenvalue weighted by Gasteiger charge is -2.14. The van der Waals surface area contributed by atoms with Gasteiger partial charge in [-0.3, -0.25) is 14.2 Å². The maximum atomic E-state index is 13.5. The van der Waals surface area contributed by atoms with Gasteiger partial charge in [0.25, 0.3) is 5.56 Å². The predicted molar refractivity (Wildman–Crippen MR) is 154 cm³/mol. The van der Waals surface area contributed by atoms with Crippen LogP contribution in [0.2, 0.25) is 0 Å². The van der Waals surface area contributed by atoms with Crippen LogP contribution in [0, 0.1) is 0 Å². The van der Waals surface area contributed by atoms with Crippen LogP contribution in [-0.4, -0.2) is 21.2 Å². The molecule has 5 aromatic rings. The van der Waals surface area contributed by atoms with E-state index in [0.717, 1.165) is 0 Å². The fraction of sp³-hybridized carbons (Fsp3) is 0.129. The van der Waals surface area contributed by atoms with Gasteiger partial charge in [-0.2, -0.15) is 0 Å². The van der Waals surface area contributed by atoms with Gasteiger partial charge >= 0.3 is 0 Å². The van der Waals surface area contributed by atoms with Gasteiger partial charge in [-0.1, -0.05) is 74.1 Å². The highest BCUT2D eigenvalue weighted by Gasteiger charge is 2.15. The Bertz CT molecular complexity index is 1630. The van der Waals surface area contributed by atoms with Crippen molar-refractivity contribution in [2.75, 3.05) is 11.1 Å². The van der Waals surface area contributed by atoms with E-state index in [4.69, 9.17) is 9.72 Å². The quantitative estimate of drug-likeness (QED) is 0.175. The Morgan fingerprint density at radius 2 is 1.61 bits per heavy atom. The summed E-state index contributed by atoms with van der Waals surface area (Å²) in [4.78, 5) is 31.1. The van der Waals surface area contributed by atoms with Gasteiger partial charge in [0.1, 0.15) is 11.5 Å². The Morgan fingerprint density at radius 3 is 2.37 bits per heavy atom. The minimum atomic E-state index is -0.212. The van der Waals surface area contributed by atoms with Crippen molar-refractivity contribution in [3.8, 4) is 17.2 Å². The van der Waals surface area contributed by atoms with Crippen molar-refractivity contribution in [2.45, 2.75) is 24.9 Å². The summed E-state index contributed by atoms with van der Waals surface area (Å²) < 4.78 is 7.45. The molecule has 0 saturated carbocycles. The van der Waals surface area contributed by atoms with Gasteiger partial charge < -0.3 is 10.1 Å². The maximum Gasteiger partial charge on any atom is 0.266 e. The van der Waals surface area contributed by atoms with E-state index in [9.17, 15) is 9.59 Å². The first-order valence-electron chi connectivity index (χ1n) is 12.4. The molecule has 6 nitrogen and oxygen atoms in total. The van der Waals surface area contributed by atoms with Gasteiger partial charge in [0.15, 0.2) is 5.16 Å². The maximum absolute atomic E-state index is 13.5. The average molecular weight is 522 g/mol. The fourth-order valence-electron chi connectivity index (χ4n) is 4.03. The van der Waals surface area contributed by atoms with E-state index in [2.05, 4.69) is 19.2 Å². The standard InChI is InChI=1S/C31H27N3O3S/c1-21(2)22-15-17-24(18-16-22)34-30(36)27-13-6-7-14-28(27)33-31(34)38-20-29(35)32-23-9-8-12-26(19-23)37-25-10-4-3-5-11-25/h3-19,21H,20H2,1-2H3,(H,32,35). The largest absolute Gasteiger partial charge is 0.457 e. The van der Waals surface area contributed by atoms with Gasteiger partial charge in [-0.15, -0.1) is 0 Å². The number of aromatic nitrogens is 2. The minimum absolute atomic E-state index is 0.0820. The number of carbonyl (C=O) groups is 1. The molecule has 0 saturated heterocycles. The number of carbonyl (C=O) groups excluding carboxylic acids is 1. The van der Waals surface area contributed by atoms with E-state index >= 15 is 0 Å². The highest BCUT2D eigenvalue weighted by molar-refractivity contribution is 7.99. The summed E-state index contributed by atoms with van der Waals surface area (Å²) in [6.45, 7) is 4.25. The average Bonchev–Trinajstić information content (AvgIpc) is 2.93. The number of ether oxygens (including phenoxy) is 1. The van der Waals surface area contributed by atoms with Crippen LogP contribution in [0.5, 0.6) is 11.5 Å². The fourth-order valence-corrected chi connectivity index (χ4v) is 4.85. The van der Waals surface area contributed by atoms with Crippen molar-refractivity contribution >= 4 is 34.3 Å². The van der Waals surface area contributed by atoms with Crippen molar-refractivity contribution in [3.05, 3.63) is 119 Å². The highest BCUT2D eigenvalue weighted by atomic mass is 32.2. The Hall–Kier alpha value is -4.36. The number of thioether (sulfide) groups is 1. The lowest BCUT2D eigenvalue weighted by Crippen LogP contribution is -2.23. The molecule has 0 aliphatic rings. The number of para-hydroxylation sites is 2. The molecule has 0 radical (unpaired) electrons. The molecular formula is C31H27N3O3S. The van der Waals surface area contributed by atoms with Gasteiger partial charge in [0.2, 0.25) is 5.91 Å². The van der Waals surface area contributed by atoms with E-state index in [1.807, 2.05) is 84.9 Å². The molecule has 38 heavy (non-hydrogen) atoms. The number of hydrogen-bond donors (Lipinski definition) is 1. The molecule has 0 bridgehead atoms. The van der Waals surface area contributed by atoms with E-state index in [1.54, 1.807) is 22.8 Å². The van der Waals surface area contributed by atoms with Crippen LogP contribution in [0.25, 0.3) is 16.6 Å². The zero-order valence-corrected chi connectivity index (χ0v) is 21.9. The normalized spacial score (nSPS) is 11.0. The van der Waals surface area contributed by atoms with E-state index in [0.29, 0.717) is 44.9 Å². The summed E-state index contributed by atoms with van der Waals surface area (Å²) >= 11 is 1.22. The third-order valence-corrected chi connectivity index (χ3v) is 6.93. The van der Waals surface area contributed by atoms with Crippen molar-refractivity contribution in [1.82, 2.24) is 9.55 Å². The molecule has 0 aliphatic carbocycles. The molecule has 4 aromatic carbocycles. The van der Waals surface area contributed by atoms with Crippen LogP contribution < -0.4 is 15.6 Å². The highest BCUT2D eigenvalue weighted by Crippen LogP contribution is 2.26. The van der Waals surface area contributed by atoms with Crippen LogP contribution in [-0.2, 0) is 4.79 Å². The molecule has 1 N–H and O–H groups in total. The van der Waals surface area contributed by atoms with Crippen LogP contribution in [0.4, 0.5) is 5.69 Å². The van der Waals surface area contributed by atoms with Gasteiger partial charge in [0.05, 0.1) is 22.3 Å². The van der Waals surface area contributed by atoms with Gasteiger partial charge in [0, 0.05) is 11.8 Å². The monoisotopic (exact) mass is 521 g/mol. The summed E-state index contributed by atoms with van der Waals surface area (Å²) in [5.74, 6) is 1.59. The number of benzene rings is 4. The first-order valence-corrected chi connectivity index (χ1v) is 13.3. The Labute approximate surface area is 225 Å². The second kappa shape index (κ2) is 11.4. The summed E-state index contributed by atoms with van der Waals surface area (Å²) in [7, 11) is 0. The number of anilines is 1. The number of nitrogens with zero attached hydrogens (tertiary/aromatic N) is 2. The third-order valence-electron chi connectivity index (χ3n) is 5.99. The summed E-state index contributed by atoms with van der Waals surface area (Å²) in [5, 5.41) is 3.91. The van der Waals surface area contributed by atoms with Gasteiger partial charge in [-0.05, 0) is 60.0 Å². The molecule has 190 valence electrons. The summed E-state index contributed by atoms with van der Waals surface area (Å²) in [5.41, 5.74) is 2.95. The zero-order valence-electron chi connectivity index (χ0n) is 21.1. The molecule has 7 heteroatoms. The number of fused-ring (bicyclic) bond motifs is 1. The molecule has 1 amide bonds. The van der Waals surface area contributed by atoms with Crippen LogP contribution >= 0.6 is 11.8 Å². The SMILES string of the molecule is CC(C)c1ccc(-n2c(SCC(=O)Nc3cccc(Oc4ccccc4)c3)nc3ccccc3c2=O)cc1. The zero-order chi connectivity index (χ0) is 26.5. The predicted octanol–water partition coefficient (Wildman–Crippen LogP) is 7.03. The lowest BCUT2D eigenvalue weighted by atomic mass is 10.0. The molecule has 0 fully saturated rings. The second-order valence-corrected chi connectivity index (χ2v) is 10.0. The van der Waals surface area contributed by atoms with Crippen molar-refractivity contribution < 1.29 is 9.53 Å². The summed E-state index contributed by atoms with van der Waals surface area (Å²) in [6, 6.07) is 31.9. The molecule has 1 aromatic heterocycles. The first kappa shape index (κ1) is 25.3. The van der Waals surface area contributed by atoms with Crippen molar-refractivity contribution in [3.63, 3.8) is 0 Å². The van der Waals surface area contributed by atoms with Crippen molar-refractivity contribution in [1.29, 1.82) is 0 Å². The van der Waals surface area contributed by atoms with E-state index < -0.39 is 0 Å². The molecule has 0 atom stereocenters. The number of rotatable bonds is 8. The second-order valence-electron chi connectivity index (χ2n) is 9.08. The van der Waals surface area contributed by atoms with E-state index in [-0.39, 0.29) is 17.2 Å². The summed E-state index contributed by atoms with van der Waals surface area (Å²) in [6.07, 6.45) is 0. The molecule has 0 spiro atoms. The molecule has 5 rings (SSSR count). The van der Waals surface area contributed by atoms with Crippen molar-refractivity contribution in [2.24, 2.45) is 0 Å². The smallest absolute Gasteiger partial charge is 0.266 e. The molecule has 1 heterocycles. The number of nitrogens with one attached hydrogen (secondary N) is 1. The topological polar surface area (TPSA) is 73.2 Å². The van der Waals surface area contributed by atoms with Crippen LogP contribution in [0.3, 0.4) is 0 Å².